The molecule has 0 aromatic rings. The van der Waals surface area contributed by atoms with Gasteiger partial charge in [-0.25, -0.2) is 0 Å². The number of esters is 1. The summed E-state index contributed by atoms with van der Waals surface area (Å²) in [6.45, 7) is 4.92. The fourth-order valence-electron chi connectivity index (χ4n) is 11.2. The van der Waals surface area contributed by atoms with Crippen LogP contribution in [-0.2, 0) is 14.3 Å². The Morgan fingerprint density at radius 3 is 0.975 bits per heavy atom. The zero-order valence-electron chi connectivity index (χ0n) is 53.4. The van der Waals surface area contributed by atoms with E-state index in [1.54, 1.807) is 6.08 Å². The van der Waals surface area contributed by atoms with E-state index in [2.05, 4.69) is 43.5 Å². The van der Waals surface area contributed by atoms with Crippen molar-refractivity contribution in [2.45, 2.75) is 405 Å². The molecule has 2 atom stereocenters. The van der Waals surface area contributed by atoms with Crippen LogP contribution in [0.25, 0.3) is 0 Å². The first kappa shape index (κ1) is 77.1. The van der Waals surface area contributed by atoms with E-state index in [0.717, 1.165) is 51.4 Å². The van der Waals surface area contributed by atoms with E-state index in [1.165, 1.54) is 315 Å². The minimum absolute atomic E-state index is 0.00539. The van der Waals surface area contributed by atoms with Crippen molar-refractivity contribution in [1.82, 2.24) is 5.32 Å². The molecule has 0 aromatic carbocycles. The molecular formula is C73H139NO5. The largest absolute Gasteiger partial charge is 0.466 e. The molecule has 0 rings (SSSR count). The molecule has 0 aromatic heterocycles. The first-order valence-corrected chi connectivity index (χ1v) is 35.8. The number of amides is 1. The van der Waals surface area contributed by atoms with E-state index in [-0.39, 0.29) is 18.5 Å². The first-order chi connectivity index (χ1) is 39.0. The molecule has 0 fully saturated rings. The summed E-state index contributed by atoms with van der Waals surface area (Å²) in [5.41, 5.74) is 0. The van der Waals surface area contributed by atoms with Crippen molar-refractivity contribution in [3.05, 3.63) is 36.5 Å². The van der Waals surface area contributed by atoms with Crippen LogP contribution in [0, 0.1) is 0 Å². The average molecular weight is 1110 g/mol. The van der Waals surface area contributed by atoms with E-state index in [9.17, 15) is 19.8 Å². The van der Waals surface area contributed by atoms with Gasteiger partial charge in [-0.3, -0.25) is 9.59 Å². The number of hydrogen-bond donors (Lipinski definition) is 3. The maximum Gasteiger partial charge on any atom is 0.305 e. The molecule has 0 radical (unpaired) electrons. The summed E-state index contributed by atoms with van der Waals surface area (Å²) >= 11 is 0. The van der Waals surface area contributed by atoms with Gasteiger partial charge in [0.05, 0.1) is 25.4 Å². The first-order valence-electron chi connectivity index (χ1n) is 35.8. The van der Waals surface area contributed by atoms with Gasteiger partial charge in [-0.15, -0.1) is 0 Å². The van der Waals surface area contributed by atoms with Gasteiger partial charge in [-0.2, -0.15) is 0 Å². The second kappa shape index (κ2) is 68.6. The number of ether oxygens (including phenoxy) is 1. The fraction of sp³-hybridized carbons (Fsp3) is 0.890. The van der Waals surface area contributed by atoms with Gasteiger partial charge in [0.15, 0.2) is 0 Å². The van der Waals surface area contributed by atoms with Crippen molar-refractivity contribution >= 4 is 11.9 Å². The van der Waals surface area contributed by atoms with Crippen LogP contribution in [-0.4, -0.2) is 47.4 Å². The summed E-state index contributed by atoms with van der Waals surface area (Å²) < 4.78 is 5.49. The van der Waals surface area contributed by atoms with Crippen molar-refractivity contribution in [2.24, 2.45) is 0 Å². The van der Waals surface area contributed by atoms with Gasteiger partial charge < -0.3 is 20.3 Å². The summed E-state index contributed by atoms with van der Waals surface area (Å²) in [5.74, 6) is -0.0564. The number of nitrogens with one attached hydrogen (secondary N) is 1. The molecule has 0 bridgehead atoms. The van der Waals surface area contributed by atoms with Gasteiger partial charge in [0, 0.05) is 12.8 Å². The molecule has 0 aliphatic rings. The van der Waals surface area contributed by atoms with Crippen LogP contribution in [0.2, 0.25) is 0 Å². The second-order valence-electron chi connectivity index (χ2n) is 24.6. The van der Waals surface area contributed by atoms with Crippen molar-refractivity contribution < 1.29 is 24.5 Å². The predicted octanol–water partition coefficient (Wildman–Crippen LogP) is 23.1. The van der Waals surface area contributed by atoms with Gasteiger partial charge in [0.1, 0.15) is 0 Å². The van der Waals surface area contributed by atoms with E-state index >= 15 is 0 Å². The lowest BCUT2D eigenvalue weighted by Gasteiger charge is -2.20. The number of carbonyl (C=O) groups excluding carboxylic acids is 2. The maximum atomic E-state index is 12.5. The minimum atomic E-state index is -0.843. The Bertz CT molecular complexity index is 1280. The normalized spacial score (nSPS) is 12.7. The van der Waals surface area contributed by atoms with Crippen LogP contribution in [0.15, 0.2) is 36.5 Å². The fourth-order valence-corrected chi connectivity index (χ4v) is 11.2. The quantitative estimate of drug-likeness (QED) is 0.0320. The highest BCUT2D eigenvalue weighted by atomic mass is 16.5. The third kappa shape index (κ3) is 65.1. The Morgan fingerprint density at radius 1 is 0.354 bits per heavy atom. The molecule has 0 heterocycles. The topological polar surface area (TPSA) is 95.9 Å². The zero-order valence-corrected chi connectivity index (χ0v) is 53.4. The monoisotopic (exact) mass is 1110 g/mol. The maximum absolute atomic E-state index is 12.5. The molecule has 466 valence electrons. The van der Waals surface area contributed by atoms with Gasteiger partial charge in [0.25, 0.3) is 0 Å². The van der Waals surface area contributed by atoms with Crippen LogP contribution < -0.4 is 5.32 Å². The van der Waals surface area contributed by atoms with Gasteiger partial charge in [-0.05, 0) is 64.2 Å². The highest BCUT2D eigenvalue weighted by Gasteiger charge is 2.18. The van der Waals surface area contributed by atoms with Crippen LogP contribution >= 0.6 is 0 Å². The lowest BCUT2D eigenvalue weighted by molar-refractivity contribution is -0.143. The number of aliphatic hydroxyl groups excluding tert-OH is 2. The minimum Gasteiger partial charge on any atom is -0.466 e. The summed E-state index contributed by atoms with van der Waals surface area (Å²) in [5, 5.41) is 23.2. The summed E-state index contributed by atoms with van der Waals surface area (Å²) in [6, 6.07) is -0.626. The Labute approximate surface area is 494 Å². The molecule has 2 unspecified atom stereocenters. The van der Waals surface area contributed by atoms with Crippen molar-refractivity contribution in [3.8, 4) is 0 Å². The molecule has 0 aliphatic heterocycles. The van der Waals surface area contributed by atoms with Crippen LogP contribution in [0.3, 0.4) is 0 Å². The molecule has 0 saturated carbocycles. The third-order valence-corrected chi connectivity index (χ3v) is 16.7. The number of aliphatic hydroxyl groups is 2. The Balaban J connectivity index is 3.37. The van der Waals surface area contributed by atoms with Gasteiger partial charge >= 0.3 is 5.97 Å². The Kier molecular flexibility index (Phi) is 66.9. The van der Waals surface area contributed by atoms with Gasteiger partial charge in [0.2, 0.25) is 5.91 Å². The molecule has 79 heavy (non-hydrogen) atoms. The lowest BCUT2D eigenvalue weighted by Crippen LogP contribution is -2.45. The molecule has 0 aliphatic carbocycles. The van der Waals surface area contributed by atoms with Crippen LogP contribution in [0.5, 0.6) is 0 Å². The highest BCUT2D eigenvalue weighted by molar-refractivity contribution is 5.76. The number of allylic oxidation sites excluding steroid dienone is 5. The van der Waals surface area contributed by atoms with Crippen LogP contribution in [0.1, 0.15) is 393 Å². The molecule has 3 N–H and O–H groups in total. The average Bonchev–Trinajstić information content (AvgIpc) is 3.45. The van der Waals surface area contributed by atoms with Crippen molar-refractivity contribution in [2.75, 3.05) is 13.2 Å². The number of unbranched alkanes of at least 4 members (excludes halogenated alkanes) is 52. The van der Waals surface area contributed by atoms with E-state index in [1.807, 2.05) is 6.08 Å². The summed E-state index contributed by atoms with van der Waals surface area (Å²) in [7, 11) is 0. The lowest BCUT2D eigenvalue weighted by atomic mass is 10.0. The molecule has 6 nitrogen and oxygen atoms in total. The number of hydrogen-bond acceptors (Lipinski definition) is 5. The van der Waals surface area contributed by atoms with Crippen LogP contribution in [0.4, 0.5) is 0 Å². The molecular weight excluding hydrogens is 971 g/mol. The number of carbonyl (C=O) groups is 2. The Morgan fingerprint density at radius 2 is 0.633 bits per heavy atom. The number of rotatable bonds is 67. The van der Waals surface area contributed by atoms with E-state index in [0.29, 0.717) is 19.4 Å². The van der Waals surface area contributed by atoms with E-state index in [4.69, 9.17) is 4.74 Å². The van der Waals surface area contributed by atoms with Crippen molar-refractivity contribution in [1.29, 1.82) is 0 Å². The Hall–Kier alpha value is -1.92. The standard InChI is InChI=1S/C73H139NO5/c1-3-5-7-9-11-13-15-17-19-21-34-37-41-45-49-53-57-61-65-71(76)70(69-75)74-72(77)66-62-58-54-50-46-42-38-35-32-30-28-26-24-22-23-25-27-29-31-33-36-40-44-48-52-56-60-64-68-79-73(78)67-63-59-55-51-47-43-39-20-18-16-14-12-10-8-6-4-2/h14,16,20,39,61,65,70-71,75-76H,3-13,15,17-19,21-38,40-60,62-64,66-69H2,1-2H3,(H,74,77)/b16-14-,39-20-,65-61+. The van der Waals surface area contributed by atoms with Gasteiger partial charge in [-0.1, -0.05) is 352 Å². The zero-order chi connectivity index (χ0) is 57.1. The summed E-state index contributed by atoms with van der Waals surface area (Å²) in [6.07, 6.45) is 88.0. The smallest absolute Gasteiger partial charge is 0.305 e. The summed E-state index contributed by atoms with van der Waals surface area (Å²) in [4.78, 5) is 24.6. The predicted molar refractivity (Wildman–Crippen MR) is 347 cm³/mol. The molecule has 6 heteroatoms. The van der Waals surface area contributed by atoms with E-state index < -0.39 is 12.1 Å². The highest BCUT2D eigenvalue weighted by Crippen LogP contribution is 2.19. The third-order valence-electron chi connectivity index (χ3n) is 16.7. The van der Waals surface area contributed by atoms with Crippen molar-refractivity contribution in [3.63, 3.8) is 0 Å². The SMILES string of the molecule is CCCCCC/C=C\C/C=C\CCCCCCCC(=O)OCCCCCCCCCCCCCCCCCCCCCCCCCCCCCCC(=O)NC(CO)C(O)/C=C/CCCCCCCCCCCCCCCCCC. The second-order valence-corrected chi connectivity index (χ2v) is 24.6. The molecule has 1 amide bonds. The molecule has 0 saturated heterocycles. The molecule has 0 spiro atoms.